The fourth-order valence-corrected chi connectivity index (χ4v) is 2.03. The molecule has 0 bridgehead atoms. The van der Waals surface area contributed by atoms with Crippen LogP contribution in [0.4, 0.5) is 24.5 Å². The maximum absolute atomic E-state index is 12.7. The second-order valence-electron chi connectivity index (χ2n) is 4.44. The third-order valence-corrected chi connectivity index (χ3v) is 3.01. The summed E-state index contributed by atoms with van der Waals surface area (Å²) in [5.74, 6) is 0.744. The number of hydrogen-bond donors (Lipinski definition) is 2. The molecule has 0 spiro atoms. The number of benzene rings is 2. The van der Waals surface area contributed by atoms with E-state index in [1.165, 1.54) is 12.3 Å². The molecule has 21 heavy (non-hydrogen) atoms. The zero-order chi connectivity index (χ0) is 15.0. The highest BCUT2D eigenvalue weighted by Crippen LogP contribution is 2.44. The summed E-state index contributed by atoms with van der Waals surface area (Å²) in [6.45, 7) is 0. The van der Waals surface area contributed by atoms with E-state index in [1.54, 1.807) is 18.2 Å². The summed E-state index contributed by atoms with van der Waals surface area (Å²) < 4.78 is 43.6. The van der Waals surface area contributed by atoms with E-state index in [4.69, 9.17) is 9.94 Å². The predicted molar refractivity (Wildman–Crippen MR) is 70.6 cm³/mol. The van der Waals surface area contributed by atoms with Gasteiger partial charge in [0.05, 0.1) is 23.2 Å². The first kappa shape index (κ1) is 13.3. The lowest BCUT2D eigenvalue weighted by atomic mass is 10.1. The van der Waals surface area contributed by atoms with Gasteiger partial charge in [-0.05, 0) is 35.9 Å². The Labute approximate surface area is 117 Å². The topological polar surface area (TPSA) is 53.9 Å². The first-order valence-corrected chi connectivity index (χ1v) is 5.95. The fourth-order valence-electron chi connectivity index (χ4n) is 2.03. The monoisotopic (exact) mass is 294 g/mol. The quantitative estimate of drug-likeness (QED) is 0.398. The molecule has 1 heterocycles. The number of oxime groups is 1. The molecule has 0 fully saturated rings. The van der Waals surface area contributed by atoms with E-state index in [2.05, 4.69) is 10.5 Å². The van der Waals surface area contributed by atoms with Gasteiger partial charge in [-0.25, -0.2) is 0 Å². The van der Waals surface area contributed by atoms with E-state index in [-0.39, 0.29) is 5.69 Å². The number of ether oxygens (including phenoxy) is 1. The minimum absolute atomic E-state index is 0.251. The molecule has 0 amide bonds. The Kier molecular flexibility index (Phi) is 2.97. The maximum Gasteiger partial charge on any atom is 0.416 e. The van der Waals surface area contributed by atoms with Crippen LogP contribution >= 0.6 is 0 Å². The van der Waals surface area contributed by atoms with Crippen molar-refractivity contribution < 1.29 is 23.1 Å². The first-order chi connectivity index (χ1) is 9.97. The SMILES string of the molecule is O/N=C/c1ccc2c(c1)Oc1ccc(C(F)(F)F)cc1N2. The van der Waals surface area contributed by atoms with Crippen LogP contribution in [0.5, 0.6) is 11.5 Å². The van der Waals surface area contributed by atoms with Crippen molar-refractivity contribution in [2.45, 2.75) is 6.18 Å². The van der Waals surface area contributed by atoms with Gasteiger partial charge in [0.2, 0.25) is 0 Å². The zero-order valence-corrected chi connectivity index (χ0v) is 10.5. The molecule has 0 saturated heterocycles. The van der Waals surface area contributed by atoms with Crippen molar-refractivity contribution in [3.05, 3.63) is 47.5 Å². The Balaban J connectivity index is 1.98. The number of hydrogen-bond acceptors (Lipinski definition) is 4. The van der Waals surface area contributed by atoms with E-state index in [0.717, 1.165) is 12.1 Å². The van der Waals surface area contributed by atoms with Crippen molar-refractivity contribution >= 4 is 17.6 Å². The van der Waals surface area contributed by atoms with Gasteiger partial charge in [-0.2, -0.15) is 13.2 Å². The van der Waals surface area contributed by atoms with E-state index < -0.39 is 11.7 Å². The van der Waals surface area contributed by atoms with Crippen molar-refractivity contribution in [3.8, 4) is 11.5 Å². The van der Waals surface area contributed by atoms with E-state index in [0.29, 0.717) is 22.7 Å². The molecule has 0 aromatic heterocycles. The molecule has 0 atom stereocenters. The second kappa shape index (κ2) is 4.69. The average Bonchev–Trinajstić information content (AvgIpc) is 2.44. The molecule has 0 aliphatic carbocycles. The number of nitrogens with one attached hydrogen (secondary N) is 1. The number of alkyl halides is 3. The largest absolute Gasteiger partial charge is 0.453 e. The van der Waals surface area contributed by atoms with Crippen molar-refractivity contribution in [2.75, 3.05) is 5.32 Å². The number of halogens is 3. The van der Waals surface area contributed by atoms with Crippen LogP contribution in [0.1, 0.15) is 11.1 Å². The van der Waals surface area contributed by atoms with Crippen LogP contribution in [0.25, 0.3) is 0 Å². The van der Waals surface area contributed by atoms with Crippen LogP contribution in [0.15, 0.2) is 41.6 Å². The second-order valence-corrected chi connectivity index (χ2v) is 4.44. The van der Waals surface area contributed by atoms with Gasteiger partial charge < -0.3 is 15.3 Å². The van der Waals surface area contributed by atoms with Crippen LogP contribution < -0.4 is 10.1 Å². The number of anilines is 2. The Hall–Kier alpha value is -2.70. The van der Waals surface area contributed by atoms with Gasteiger partial charge in [-0.1, -0.05) is 11.2 Å². The molecule has 3 rings (SSSR count). The van der Waals surface area contributed by atoms with Crippen molar-refractivity contribution in [1.82, 2.24) is 0 Å². The Morgan fingerprint density at radius 3 is 2.57 bits per heavy atom. The van der Waals surface area contributed by atoms with Gasteiger partial charge in [0.25, 0.3) is 0 Å². The highest BCUT2D eigenvalue weighted by Gasteiger charge is 2.32. The number of nitrogens with zero attached hydrogens (tertiary/aromatic N) is 1. The van der Waals surface area contributed by atoms with Crippen molar-refractivity contribution in [1.29, 1.82) is 0 Å². The summed E-state index contributed by atoms with van der Waals surface area (Å²) in [6.07, 6.45) is -3.18. The van der Waals surface area contributed by atoms with Crippen LogP contribution in [0, 0.1) is 0 Å². The molecular weight excluding hydrogens is 285 g/mol. The summed E-state index contributed by atoms with van der Waals surface area (Å²) in [4.78, 5) is 0. The molecule has 0 radical (unpaired) electrons. The molecule has 0 unspecified atom stereocenters. The van der Waals surface area contributed by atoms with Gasteiger partial charge in [-0.15, -0.1) is 0 Å². The fraction of sp³-hybridized carbons (Fsp3) is 0.0714. The standard InChI is InChI=1S/C14H9F3N2O2/c15-14(16,17)9-2-4-12-11(6-9)19-10-3-1-8(7-18-20)5-13(10)21-12/h1-7,19-20H/b18-7+. The van der Waals surface area contributed by atoms with Gasteiger partial charge in [0, 0.05) is 0 Å². The minimum atomic E-state index is -4.40. The summed E-state index contributed by atoms with van der Waals surface area (Å²) in [5.41, 5.74) is 0.649. The summed E-state index contributed by atoms with van der Waals surface area (Å²) in [7, 11) is 0. The van der Waals surface area contributed by atoms with Crippen LogP contribution in [0.2, 0.25) is 0 Å². The molecule has 1 aliphatic rings. The Bertz CT molecular complexity index is 727. The molecule has 2 aromatic rings. The average molecular weight is 294 g/mol. The first-order valence-electron chi connectivity index (χ1n) is 5.95. The van der Waals surface area contributed by atoms with E-state index in [1.807, 2.05) is 0 Å². The van der Waals surface area contributed by atoms with Gasteiger partial charge >= 0.3 is 6.18 Å². The third-order valence-electron chi connectivity index (χ3n) is 3.01. The summed E-state index contributed by atoms with van der Waals surface area (Å²) >= 11 is 0. The lowest BCUT2D eigenvalue weighted by Gasteiger charge is -2.23. The number of fused-ring (bicyclic) bond motifs is 2. The van der Waals surface area contributed by atoms with Crippen molar-refractivity contribution in [3.63, 3.8) is 0 Å². The van der Waals surface area contributed by atoms with Gasteiger partial charge in [0.15, 0.2) is 11.5 Å². The van der Waals surface area contributed by atoms with E-state index in [9.17, 15) is 13.2 Å². The lowest BCUT2D eigenvalue weighted by molar-refractivity contribution is -0.137. The summed E-state index contributed by atoms with van der Waals surface area (Å²) in [5, 5.41) is 14.3. The minimum Gasteiger partial charge on any atom is -0.453 e. The molecule has 2 aromatic carbocycles. The van der Waals surface area contributed by atoms with Crippen molar-refractivity contribution in [2.24, 2.45) is 5.16 Å². The Morgan fingerprint density at radius 2 is 1.86 bits per heavy atom. The summed E-state index contributed by atoms with van der Waals surface area (Å²) in [6, 6.07) is 8.12. The van der Waals surface area contributed by atoms with E-state index >= 15 is 0 Å². The highest BCUT2D eigenvalue weighted by atomic mass is 19.4. The molecule has 2 N–H and O–H groups in total. The molecule has 0 saturated carbocycles. The predicted octanol–water partition coefficient (Wildman–Crippen LogP) is 4.36. The van der Waals surface area contributed by atoms with Gasteiger partial charge in [0.1, 0.15) is 0 Å². The molecule has 7 heteroatoms. The molecule has 108 valence electrons. The third kappa shape index (κ3) is 2.49. The van der Waals surface area contributed by atoms with Crippen LogP contribution in [-0.2, 0) is 6.18 Å². The van der Waals surface area contributed by atoms with Gasteiger partial charge in [-0.3, -0.25) is 0 Å². The Morgan fingerprint density at radius 1 is 1.05 bits per heavy atom. The van der Waals surface area contributed by atoms with Crippen LogP contribution in [0.3, 0.4) is 0 Å². The lowest BCUT2D eigenvalue weighted by Crippen LogP contribution is -2.08. The highest BCUT2D eigenvalue weighted by molar-refractivity contribution is 5.84. The molecular formula is C14H9F3N2O2. The number of rotatable bonds is 1. The molecule has 1 aliphatic heterocycles. The zero-order valence-electron chi connectivity index (χ0n) is 10.5. The normalized spacial score (nSPS) is 13.3. The smallest absolute Gasteiger partial charge is 0.416 e. The van der Waals surface area contributed by atoms with Crippen LogP contribution in [-0.4, -0.2) is 11.4 Å². The molecule has 4 nitrogen and oxygen atoms in total. The maximum atomic E-state index is 12.7.